The van der Waals surface area contributed by atoms with Crippen molar-refractivity contribution in [1.82, 2.24) is 14.9 Å². The molecule has 6 heteroatoms. The highest BCUT2D eigenvalue weighted by molar-refractivity contribution is 6.02. The highest BCUT2D eigenvalue weighted by Gasteiger charge is 2.37. The summed E-state index contributed by atoms with van der Waals surface area (Å²) in [7, 11) is 0. The van der Waals surface area contributed by atoms with Crippen molar-refractivity contribution in [1.29, 1.82) is 0 Å². The minimum Gasteiger partial charge on any atom is -0.482 e. The average Bonchev–Trinajstić information content (AvgIpc) is 2.69. The average molecular weight is 378 g/mol. The molecule has 0 saturated carbocycles. The van der Waals surface area contributed by atoms with Crippen LogP contribution in [0.3, 0.4) is 0 Å². The van der Waals surface area contributed by atoms with Crippen LogP contribution >= 0.6 is 0 Å². The van der Waals surface area contributed by atoms with E-state index in [0.717, 1.165) is 42.9 Å². The van der Waals surface area contributed by atoms with Gasteiger partial charge in [-0.2, -0.15) is 0 Å². The number of aryl methyl sites for hydroxylation is 1. The van der Waals surface area contributed by atoms with Crippen LogP contribution in [0.4, 0.5) is 5.69 Å². The molecule has 1 aromatic carbocycles. The van der Waals surface area contributed by atoms with Crippen molar-refractivity contribution >= 4 is 17.7 Å². The number of aromatic nitrogens is 2. The van der Waals surface area contributed by atoms with E-state index in [9.17, 15) is 4.79 Å². The lowest BCUT2D eigenvalue weighted by Gasteiger charge is -2.43. The summed E-state index contributed by atoms with van der Waals surface area (Å²) in [6, 6.07) is 6.31. The molecule has 1 amide bonds. The lowest BCUT2D eigenvalue weighted by Crippen LogP contribution is -2.49. The van der Waals surface area contributed by atoms with E-state index in [-0.39, 0.29) is 11.5 Å². The minimum absolute atomic E-state index is 0.208. The first-order chi connectivity index (χ1) is 13.4. The van der Waals surface area contributed by atoms with Crippen molar-refractivity contribution in [2.24, 2.45) is 0 Å². The quantitative estimate of drug-likeness (QED) is 0.882. The van der Waals surface area contributed by atoms with Gasteiger partial charge in [0.1, 0.15) is 17.0 Å². The highest BCUT2D eigenvalue weighted by atomic mass is 16.5. The van der Waals surface area contributed by atoms with E-state index < -0.39 is 0 Å². The molecule has 2 aliphatic rings. The maximum atomic E-state index is 12.4. The Balaban J connectivity index is 1.45. The molecule has 0 aliphatic carbocycles. The molecule has 0 bridgehead atoms. The van der Waals surface area contributed by atoms with E-state index in [4.69, 9.17) is 4.74 Å². The van der Waals surface area contributed by atoms with Crippen molar-refractivity contribution in [3.8, 4) is 5.75 Å². The van der Waals surface area contributed by atoms with E-state index in [1.165, 1.54) is 6.20 Å². The summed E-state index contributed by atoms with van der Waals surface area (Å²) in [5.41, 5.74) is 2.56. The third-order valence-corrected chi connectivity index (χ3v) is 5.54. The van der Waals surface area contributed by atoms with Crippen LogP contribution in [-0.2, 0) is 0 Å². The molecule has 1 aromatic heterocycles. The lowest BCUT2D eigenvalue weighted by molar-refractivity contribution is 0.0285. The van der Waals surface area contributed by atoms with E-state index >= 15 is 0 Å². The summed E-state index contributed by atoms with van der Waals surface area (Å²) in [5.74, 6) is 0.597. The van der Waals surface area contributed by atoms with Gasteiger partial charge in [-0.25, -0.2) is 4.98 Å². The third kappa shape index (κ3) is 3.78. The summed E-state index contributed by atoms with van der Waals surface area (Å²) in [4.78, 5) is 23.1. The first-order valence-electron chi connectivity index (χ1n) is 9.80. The molecule has 3 heterocycles. The predicted octanol–water partition coefficient (Wildman–Crippen LogP) is 3.69. The van der Waals surface area contributed by atoms with Gasteiger partial charge in [0.2, 0.25) is 0 Å². The van der Waals surface area contributed by atoms with Crippen molar-refractivity contribution in [2.75, 3.05) is 18.4 Å². The first-order valence-corrected chi connectivity index (χ1v) is 9.80. The number of likely N-dealkylation sites (tertiary alicyclic amines) is 1. The second kappa shape index (κ2) is 7.36. The monoisotopic (exact) mass is 378 g/mol. The Morgan fingerprint density at radius 3 is 2.68 bits per heavy atom. The van der Waals surface area contributed by atoms with E-state index in [1.807, 2.05) is 25.1 Å². The summed E-state index contributed by atoms with van der Waals surface area (Å²) in [6.07, 6.45) is 9.36. The fraction of sp³-hybridized carbons (Fsp3) is 0.409. The van der Waals surface area contributed by atoms with Gasteiger partial charge in [0.15, 0.2) is 0 Å². The lowest BCUT2D eigenvalue weighted by atomic mass is 9.87. The number of benzene rings is 1. The fourth-order valence-corrected chi connectivity index (χ4v) is 3.74. The molecule has 1 fully saturated rings. The summed E-state index contributed by atoms with van der Waals surface area (Å²) < 4.78 is 6.40. The molecule has 4 rings (SSSR count). The third-order valence-electron chi connectivity index (χ3n) is 5.54. The van der Waals surface area contributed by atoms with Crippen LogP contribution in [0.25, 0.3) is 6.08 Å². The molecule has 28 heavy (non-hydrogen) atoms. The van der Waals surface area contributed by atoms with Gasteiger partial charge in [0.25, 0.3) is 5.91 Å². The first kappa shape index (κ1) is 18.6. The van der Waals surface area contributed by atoms with Crippen LogP contribution in [0.5, 0.6) is 5.75 Å². The van der Waals surface area contributed by atoms with Crippen LogP contribution in [0.1, 0.15) is 48.4 Å². The normalized spacial score (nSPS) is 18.0. The zero-order chi connectivity index (χ0) is 19.7. The van der Waals surface area contributed by atoms with Gasteiger partial charge < -0.3 is 15.0 Å². The van der Waals surface area contributed by atoms with Crippen molar-refractivity contribution in [2.45, 2.75) is 45.3 Å². The number of hydrogen-bond acceptors (Lipinski definition) is 5. The number of carbonyl (C=O) groups is 1. The van der Waals surface area contributed by atoms with Crippen LogP contribution in [0, 0.1) is 6.92 Å². The number of rotatable bonds is 3. The molecular weight excluding hydrogens is 352 g/mol. The number of ether oxygens (including phenoxy) is 1. The minimum atomic E-state index is -0.273. The maximum Gasteiger partial charge on any atom is 0.275 e. The molecular formula is C22H26N4O2. The van der Waals surface area contributed by atoms with Gasteiger partial charge in [-0.1, -0.05) is 6.08 Å². The van der Waals surface area contributed by atoms with E-state index in [0.29, 0.717) is 17.4 Å². The van der Waals surface area contributed by atoms with Crippen molar-refractivity contribution < 1.29 is 9.53 Å². The maximum absolute atomic E-state index is 12.4. The summed E-state index contributed by atoms with van der Waals surface area (Å²) in [5, 5.41) is 2.88. The highest BCUT2D eigenvalue weighted by Crippen LogP contribution is 2.38. The van der Waals surface area contributed by atoms with Gasteiger partial charge in [0, 0.05) is 49.4 Å². The summed E-state index contributed by atoms with van der Waals surface area (Å²) in [6.45, 7) is 8.40. The van der Waals surface area contributed by atoms with Crippen LogP contribution in [-0.4, -0.2) is 45.5 Å². The number of carbonyl (C=O) groups excluding carboxylic acids is 1. The standard InChI is InChI=1S/C22H26N4O2/c1-15(2)26-10-8-22(9-11-26)7-6-17-12-18(4-5-20(17)28-22)25-21(27)19-14-23-16(3)13-24-19/h4-7,12-15H,8-11H2,1-3H3,(H,25,27). The number of piperidine rings is 1. The molecule has 146 valence electrons. The molecule has 0 atom stereocenters. The van der Waals surface area contributed by atoms with Gasteiger partial charge >= 0.3 is 0 Å². The molecule has 1 N–H and O–H groups in total. The zero-order valence-corrected chi connectivity index (χ0v) is 16.6. The fourth-order valence-electron chi connectivity index (χ4n) is 3.74. The Hall–Kier alpha value is -2.73. The molecule has 0 unspecified atom stereocenters. The second-order valence-electron chi connectivity index (χ2n) is 7.88. The van der Waals surface area contributed by atoms with Gasteiger partial charge in [-0.05, 0) is 45.0 Å². The van der Waals surface area contributed by atoms with Crippen LogP contribution < -0.4 is 10.1 Å². The molecule has 2 aliphatic heterocycles. The number of amides is 1. The van der Waals surface area contributed by atoms with E-state index in [1.54, 1.807) is 6.20 Å². The summed E-state index contributed by atoms with van der Waals surface area (Å²) >= 11 is 0. The van der Waals surface area contributed by atoms with Gasteiger partial charge in [-0.15, -0.1) is 0 Å². The van der Waals surface area contributed by atoms with Crippen molar-refractivity contribution in [3.63, 3.8) is 0 Å². The molecule has 1 spiro atoms. The SMILES string of the molecule is Cc1cnc(C(=O)Nc2ccc3c(c2)C=CC2(CCN(C(C)C)CC2)O3)cn1. The smallest absolute Gasteiger partial charge is 0.275 e. The second-order valence-corrected chi connectivity index (χ2v) is 7.88. The Kier molecular flexibility index (Phi) is 4.89. The van der Waals surface area contributed by atoms with Crippen molar-refractivity contribution in [3.05, 3.63) is 53.6 Å². The number of nitrogens with one attached hydrogen (secondary N) is 1. The zero-order valence-electron chi connectivity index (χ0n) is 16.6. The number of nitrogens with zero attached hydrogens (tertiary/aromatic N) is 3. The predicted molar refractivity (Wildman–Crippen MR) is 110 cm³/mol. The van der Waals surface area contributed by atoms with E-state index in [2.05, 4.69) is 46.2 Å². The molecule has 0 radical (unpaired) electrons. The van der Waals surface area contributed by atoms with Crippen LogP contribution in [0.2, 0.25) is 0 Å². The molecule has 6 nitrogen and oxygen atoms in total. The number of fused-ring (bicyclic) bond motifs is 1. The molecule has 1 saturated heterocycles. The molecule has 2 aromatic rings. The Morgan fingerprint density at radius 1 is 1.21 bits per heavy atom. The Labute approximate surface area is 165 Å². The van der Waals surface area contributed by atoms with Gasteiger partial charge in [-0.3, -0.25) is 9.78 Å². The number of anilines is 1. The largest absolute Gasteiger partial charge is 0.482 e. The van der Waals surface area contributed by atoms with Crippen LogP contribution in [0.15, 0.2) is 36.7 Å². The topological polar surface area (TPSA) is 67.4 Å². The van der Waals surface area contributed by atoms with Gasteiger partial charge in [0.05, 0.1) is 11.9 Å². The Bertz CT molecular complexity index is 897. The number of hydrogen-bond donors (Lipinski definition) is 1. The Morgan fingerprint density at radius 2 is 2.00 bits per heavy atom.